The van der Waals surface area contributed by atoms with Crippen molar-refractivity contribution in [2.45, 2.75) is 31.2 Å². The highest BCUT2D eigenvalue weighted by atomic mass is 79.9. The Labute approximate surface area is 204 Å². The van der Waals surface area contributed by atoms with Crippen LogP contribution in [-0.4, -0.2) is 69.9 Å². The summed E-state index contributed by atoms with van der Waals surface area (Å²) < 4.78 is 29.1. The number of hydrogen-bond donors (Lipinski definition) is 1. The molecule has 1 N–H and O–H groups in total. The van der Waals surface area contributed by atoms with Crippen molar-refractivity contribution in [2.24, 2.45) is 0 Å². The maximum absolute atomic E-state index is 12.9. The van der Waals surface area contributed by atoms with Crippen molar-refractivity contribution >= 4 is 37.5 Å². The molecule has 2 aromatic rings. The molecule has 7 nitrogen and oxygen atoms in total. The van der Waals surface area contributed by atoms with Gasteiger partial charge in [-0.1, -0.05) is 30.3 Å². The van der Waals surface area contributed by atoms with Gasteiger partial charge in [-0.05, 0) is 58.6 Å². The molecule has 9 heteroatoms. The summed E-state index contributed by atoms with van der Waals surface area (Å²) >= 11 is 3.41. The van der Waals surface area contributed by atoms with Crippen molar-refractivity contribution in [3.05, 3.63) is 58.1 Å². The summed E-state index contributed by atoms with van der Waals surface area (Å²) in [6.07, 6.45) is 1.49. The van der Waals surface area contributed by atoms with E-state index in [1.54, 1.807) is 11.0 Å². The number of hydrogen-bond acceptors (Lipinski definition) is 5. The fraction of sp³-hybridized carbons (Fsp3) is 0.458. The van der Waals surface area contributed by atoms with Crippen LogP contribution in [0.2, 0.25) is 0 Å². The Kier molecular flexibility index (Phi) is 7.86. The Hall–Kier alpha value is -1.78. The first kappa shape index (κ1) is 24.3. The first-order chi connectivity index (χ1) is 15.8. The number of amides is 1. The lowest BCUT2D eigenvalue weighted by atomic mass is 10.2. The zero-order valence-electron chi connectivity index (χ0n) is 19.0. The Morgan fingerprint density at radius 1 is 1.03 bits per heavy atom. The standard InChI is InChI=1S/C24H31BrN4O3S/c1-19(30)29-11-8-21-16-22(25)24(17-23(21)29)33(31,32)26-9-5-10-27-12-14-28(15-13-27)18-20-6-3-2-4-7-20/h2-4,6-7,16-17,26H,5,8-15,18H2,1H3. The van der Waals surface area contributed by atoms with Gasteiger partial charge in [0.15, 0.2) is 0 Å². The van der Waals surface area contributed by atoms with Crippen molar-refractivity contribution < 1.29 is 13.2 Å². The van der Waals surface area contributed by atoms with Gasteiger partial charge >= 0.3 is 0 Å². The van der Waals surface area contributed by atoms with Gasteiger partial charge in [-0.3, -0.25) is 9.69 Å². The van der Waals surface area contributed by atoms with Gasteiger partial charge in [0, 0.05) is 62.9 Å². The lowest BCUT2D eigenvalue weighted by Gasteiger charge is -2.34. The Morgan fingerprint density at radius 3 is 2.42 bits per heavy atom. The second kappa shape index (κ2) is 10.7. The SMILES string of the molecule is CC(=O)N1CCc2cc(Br)c(S(=O)(=O)NCCCN3CCN(Cc4ccccc4)CC3)cc21. The van der Waals surface area contributed by atoms with E-state index in [4.69, 9.17) is 0 Å². The first-order valence-corrected chi connectivity index (χ1v) is 13.7. The van der Waals surface area contributed by atoms with Gasteiger partial charge < -0.3 is 9.80 Å². The normalized spacial score (nSPS) is 17.3. The molecule has 1 fully saturated rings. The molecule has 2 aliphatic rings. The van der Waals surface area contributed by atoms with E-state index in [0.717, 1.165) is 57.7 Å². The molecular formula is C24H31BrN4O3S. The monoisotopic (exact) mass is 534 g/mol. The largest absolute Gasteiger partial charge is 0.312 e. The first-order valence-electron chi connectivity index (χ1n) is 11.4. The number of piperazine rings is 1. The average Bonchev–Trinajstić information content (AvgIpc) is 3.21. The molecule has 0 atom stereocenters. The second-order valence-electron chi connectivity index (χ2n) is 8.69. The van der Waals surface area contributed by atoms with Crippen molar-refractivity contribution in [3.8, 4) is 0 Å². The van der Waals surface area contributed by atoms with Crippen molar-refractivity contribution in [3.63, 3.8) is 0 Å². The van der Waals surface area contributed by atoms with E-state index in [1.165, 1.54) is 12.5 Å². The third kappa shape index (κ3) is 6.02. The van der Waals surface area contributed by atoms with Crippen LogP contribution < -0.4 is 9.62 Å². The molecule has 0 aromatic heterocycles. The smallest absolute Gasteiger partial charge is 0.241 e. The molecule has 178 valence electrons. The summed E-state index contributed by atoms with van der Waals surface area (Å²) in [6, 6.07) is 14.0. The van der Waals surface area contributed by atoms with Crippen LogP contribution in [0.4, 0.5) is 5.69 Å². The third-order valence-corrected chi connectivity index (χ3v) is 8.77. The molecule has 0 unspecified atom stereocenters. The van der Waals surface area contributed by atoms with E-state index in [1.807, 2.05) is 12.1 Å². The maximum Gasteiger partial charge on any atom is 0.241 e. The summed E-state index contributed by atoms with van der Waals surface area (Å²) in [6.45, 7) is 8.36. The summed E-state index contributed by atoms with van der Waals surface area (Å²) in [5.41, 5.74) is 3.02. The number of fused-ring (bicyclic) bond motifs is 1. The molecule has 4 rings (SSSR count). The Balaban J connectivity index is 1.25. The minimum Gasteiger partial charge on any atom is -0.312 e. The average molecular weight is 536 g/mol. The molecule has 33 heavy (non-hydrogen) atoms. The van der Waals surface area contributed by atoms with Gasteiger partial charge in [-0.2, -0.15) is 0 Å². The van der Waals surface area contributed by atoms with Crippen LogP contribution in [0.15, 0.2) is 51.8 Å². The van der Waals surface area contributed by atoms with Crippen LogP contribution in [-0.2, 0) is 27.8 Å². The van der Waals surface area contributed by atoms with Crippen LogP contribution in [0.3, 0.4) is 0 Å². The molecule has 0 bridgehead atoms. The molecule has 2 aliphatic heterocycles. The lowest BCUT2D eigenvalue weighted by molar-refractivity contribution is -0.116. The number of nitrogens with zero attached hydrogens (tertiary/aromatic N) is 3. The van der Waals surface area contributed by atoms with Crippen LogP contribution >= 0.6 is 15.9 Å². The van der Waals surface area contributed by atoms with E-state index in [2.05, 4.69) is 54.7 Å². The number of nitrogens with one attached hydrogen (secondary N) is 1. The minimum atomic E-state index is -3.67. The number of carbonyl (C=O) groups is 1. The van der Waals surface area contributed by atoms with Crippen molar-refractivity contribution in [1.82, 2.24) is 14.5 Å². The molecule has 0 aliphatic carbocycles. The highest BCUT2D eigenvalue weighted by molar-refractivity contribution is 9.10. The molecular weight excluding hydrogens is 504 g/mol. The number of sulfonamides is 1. The van der Waals surface area contributed by atoms with E-state index < -0.39 is 10.0 Å². The van der Waals surface area contributed by atoms with Gasteiger partial charge in [0.1, 0.15) is 0 Å². The second-order valence-corrected chi connectivity index (χ2v) is 11.3. The predicted molar refractivity (Wildman–Crippen MR) is 134 cm³/mol. The highest BCUT2D eigenvalue weighted by Gasteiger charge is 2.27. The van der Waals surface area contributed by atoms with Crippen LogP contribution in [0.25, 0.3) is 0 Å². The Bertz CT molecular complexity index is 1090. The Morgan fingerprint density at radius 2 is 1.73 bits per heavy atom. The molecule has 0 saturated carbocycles. The fourth-order valence-corrected chi connectivity index (χ4v) is 6.70. The van der Waals surface area contributed by atoms with Gasteiger partial charge in [0.2, 0.25) is 15.9 Å². The number of carbonyl (C=O) groups excluding carboxylic acids is 1. The zero-order valence-corrected chi connectivity index (χ0v) is 21.4. The van der Waals surface area contributed by atoms with Crippen LogP contribution in [0.1, 0.15) is 24.5 Å². The zero-order chi connectivity index (χ0) is 23.4. The highest BCUT2D eigenvalue weighted by Crippen LogP contribution is 2.35. The number of anilines is 1. The van der Waals surface area contributed by atoms with Gasteiger partial charge in [-0.25, -0.2) is 13.1 Å². The molecule has 1 saturated heterocycles. The van der Waals surface area contributed by atoms with E-state index in [-0.39, 0.29) is 10.8 Å². The quantitative estimate of drug-likeness (QED) is 0.527. The maximum atomic E-state index is 12.9. The summed E-state index contributed by atoms with van der Waals surface area (Å²) in [7, 11) is -3.67. The number of halogens is 1. The summed E-state index contributed by atoms with van der Waals surface area (Å²) in [5, 5.41) is 0. The van der Waals surface area contributed by atoms with Gasteiger partial charge in [-0.15, -0.1) is 0 Å². The number of rotatable bonds is 8. The molecule has 0 spiro atoms. The predicted octanol–water partition coefficient (Wildman–Crippen LogP) is 2.84. The van der Waals surface area contributed by atoms with E-state index in [9.17, 15) is 13.2 Å². The number of benzene rings is 2. The molecule has 1 amide bonds. The third-order valence-electron chi connectivity index (χ3n) is 6.36. The lowest BCUT2D eigenvalue weighted by Crippen LogP contribution is -2.46. The van der Waals surface area contributed by atoms with Crippen molar-refractivity contribution in [1.29, 1.82) is 0 Å². The van der Waals surface area contributed by atoms with E-state index in [0.29, 0.717) is 23.2 Å². The van der Waals surface area contributed by atoms with Crippen LogP contribution in [0.5, 0.6) is 0 Å². The van der Waals surface area contributed by atoms with Crippen LogP contribution in [0, 0.1) is 0 Å². The summed E-state index contributed by atoms with van der Waals surface area (Å²) in [5.74, 6) is -0.0729. The molecule has 2 heterocycles. The molecule has 0 radical (unpaired) electrons. The minimum absolute atomic E-state index is 0.0729. The fourth-order valence-electron chi connectivity index (χ4n) is 4.52. The van der Waals surface area contributed by atoms with Gasteiger partial charge in [0.25, 0.3) is 0 Å². The van der Waals surface area contributed by atoms with Gasteiger partial charge in [0.05, 0.1) is 4.90 Å². The topological polar surface area (TPSA) is 73.0 Å². The molecule has 2 aromatic carbocycles. The van der Waals surface area contributed by atoms with E-state index >= 15 is 0 Å². The van der Waals surface area contributed by atoms with Crippen molar-refractivity contribution in [2.75, 3.05) is 50.7 Å². The summed E-state index contributed by atoms with van der Waals surface area (Å²) in [4.78, 5) is 18.5.